The average molecular weight is 641 g/mol. The molecule has 0 aliphatic heterocycles. The van der Waals surface area contributed by atoms with Crippen LogP contribution in [0.25, 0.3) is 53.9 Å². The average Bonchev–Trinajstić information content (AvgIpc) is 3.22. The van der Waals surface area contributed by atoms with Gasteiger partial charge in [0.2, 0.25) is 0 Å². The van der Waals surface area contributed by atoms with Crippen molar-refractivity contribution < 1.29 is 0 Å². The molecule has 0 spiro atoms. The van der Waals surface area contributed by atoms with Crippen molar-refractivity contribution in [3.8, 4) is 0 Å². The monoisotopic (exact) mass is 640 g/mol. The Morgan fingerprint density at radius 3 is 0.220 bits per heavy atom. The van der Waals surface area contributed by atoms with E-state index in [4.69, 9.17) is 0 Å². The molecule has 10 aromatic carbocycles. The molecule has 50 heavy (non-hydrogen) atoms. The molecule has 10 aromatic rings. The molecule has 0 unspecified atom stereocenters. The molecule has 0 aliphatic carbocycles. The van der Waals surface area contributed by atoms with Crippen LogP contribution in [-0.2, 0) is 0 Å². The first-order valence-electron chi connectivity index (χ1n) is 17.0. The Bertz CT molecular complexity index is 1770. The molecule has 0 fully saturated rings. The van der Waals surface area contributed by atoms with E-state index in [9.17, 15) is 0 Å². The summed E-state index contributed by atoms with van der Waals surface area (Å²) in [7, 11) is 0. The Labute approximate surface area is 295 Å². The van der Waals surface area contributed by atoms with Gasteiger partial charge in [-0.1, -0.05) is 243 Å². The third-order valence-electron chi connectivity index (χ3n) is 8.29. The summed E-state index contributed by atoms with van der Waals surface area (Å²) in [5.74, 6) is 0. The van der Waals surface area contributed by atoms with Crippen LogP contribution in [0.15, 0.2) is 243 Å². The van der Waals surface area contributed by atoms with Crippen molar-refractivity contribution in [2.45, 2.75) is 0 Å². The van der Waals surface area contributed by atoms with Crippen LogP contribution in [0.1, 0.15) is 0 Å². The zero-order chi connectivity index (χ0) is 34.1. The summed E-state index contributed by atoms with van der Waals surface area (Å²) in [5, 5.41) is 13.1. The van der Waals surface area contributed by atoms with Crippen LogP contribution in [-0.4, -0.2) is 0 Å². The molecule has 0 aliphatic rings. The summed E-state index contributed by atoms with van der Waals surface area (Å²) in [6, 6.07) is 83.6. The fourth-order valence-electron chi connectivity index (χ4n) is 5.66. The lowest BCUT2D eigenvalue weighted by Crippen LogP contribution is -1.67. The Kier molecular flexibility index (Phi) is 12.1. The highest BCUT2D eigenvalue weighted by Gasteiger charge is 1.88. The van der Waals surface area contributed by atoms with Crippen molar-refractivity contribution in [1.29, 1.82) is 0 Å². The van der Waals surface area contributed by atoms with Crippen LogP contribution in [0.5, 0.6) is 0 Å². The number of fused-ring (bicyclic) bond motifs is 5. The quantitative estimate of drug-likeness (QED) is 0.155. The molecule has 0 bridgehead atoms. The number of benzene rings is 10. The van der Waals surface area contributed by atoms with Crippen LogP contribution in [0.2, 0.25) is 0 Å². The van der Waals surface area contributed by atoms with Gasteiger partial charge in [-0.25, -0.2) is 0 Å². The van der Waals surface area contributed by atoms with Crippen molar-refractivity contribution in [2.75, 3.05) is 0 Å². The lowest BCUT2D eigenvalue weighted by molar-refractivity contribution is 1.75. The maximum atomic E-state index is 2.12. The smallest absolute Gasteiger partial charge is 0.0184 e. The molecule has 0 amide bonds. The van der Waals surface area contributed by atoms with Crippen molar-refractivity contribution >= 4 is 53.9 Å². The van der Waals surface area contributed by atoms with E-state index in [0.29, 0.717) is 0 Å². The molecule has 240 valence electrons. The van der Waals surface area contributed by atoms with Gasteiger partial charge in [-0.3, -0.25) is 0 Å². The molecule has 0 heterocycles. The van der Waals surface area contributed by atoms with Crippen molar-refractivity contribution in [1.82, 2.24) is 0 Å². The Hall–Kier alpha value is -6.50. The number of hydrogen-bond donors (Lipinski definition) is 0. The zero-order valence-electron chi connectivity index (χ0n) is 28.1. The molecule has 10 rings (SSSR count). The van der Waals surface area contributed by atoms with E-state index in [0.717, 1.165) is 0 Å². The van der Waals surface area contributed by atoms with Gasteiger partial charge in [-0.2, -0.15) is 0 Å². The second-order valence-electron chi connectivity index (χ2n) is 11.7. The van der Waals surface area contributed by atoms with Gasteiger partial charge in [0.05, 0.1) is 0 Å². The van der Waals surface area contributed by atoms with Gasteiger partial charge in [0.1, 0.15) is 0 Å². The summed E-state index contributed by atoms with van der Waals surface area (Å²) in [6.07, 6.45) is 0. The standard InChI is InChI=1S/5C10H8/c5*1-2-6-10-8-4-3-7-9(10)5-1/h5*1-8H. The van der Waals surface area contributed by atoms with E-state index in [1.54, 1.807) is 0 Å². The van der Waals surface area contributed by atoms with E-state index >= 15 is 0 Å². The van der Waals surface area contributed by atoms with Gasteiger partial charge < -0.3 is 0 Å². The summed E-state index contributed by atoms with van der Waals surface area (Å²) in [6.45, 7) is 0. The maximum Gasteiger partial charge on any atom is -0.0184 e. The fraction of sp³-hybridized carbons (Fsp3) is 0. The molecular formula is C50H40. The van der Waals surface area contributed by atoms with Crippen LogP contribution in [0, 0.1) is 0 Å². The highest BCUT2D eigenvalue weighted by Crippen LogP contribution is 2.14. The maximum absolute atomic E-state index is 2.12. The third-order valence-corrected chi connectivity index (χ3v) is 8.29. The van der Waals surface area contributed by atoms with E-state index in [1.807, 2.05) is 0 Å². The number of rotatable bonds is 0. The first kappa shape index (κ1) is 33.4. The minimum Gasteiger partial charge on any atom is -0.0616 e. The third kappa shape index (κ3) is 9.76. The molecule has 0 atom stereocenters. The first-order chi connectivity index (χ1) is 24.8. The molecular weight excluding hydrogens is 601 g/mol. The Morgan fingerprint density at radius 1 is 0.100 bits per heavy atom. The van der Waals surface area contributed by atoms with Gasteiger partial charge in [0.15, 0.2) is 0 Å². The highest BCUT2D eigenvalue weighted by atomic mass is 13.9. The van der Waals surface area contributed by atoms with E-state index in [-0.39, 0.29) is 0 Å². The predicted molar refractivity (Wildman–Crippen MR) is 220 cm³/mol. The zero-order valence-corrected chi connectivity index (χ0v) is 28.1. The van der Waals surface area contributed by atoms with Gasteiger partial charge in [-0.15, -0.1) is 0 Å². The summed E-state index contributed by atoms with van der Waals surface area (Å²) in [5.41, 5.74) is 0. The topological polar surface area (TPSA) is 0 Å². The highest BCUT2D eigenvalue weighted by molar-refractivity contribution is 5.84. The van der Waals surface area contributed by atoms with Gasteiger partial charge >= 0.3 is 0 Å². The Balaban J connectivity index is 0.000000108. The predicted octanol–water partition coefficient (Wildman–Crippen LogP) is 14.2. The molecule has 0 radical (unpaired) electrons. The Morgan fingerprint density at radius 2 is 0.160 bits per heavy atom. The van der Waals surface area contributed by atoms with E-state index in [2.05, 4.69) is 243 Å². The first-order valence-corrected chi connectivity index (χ1v) is 17.0. The minimum atomic E-state index is 1.31. The van der Waals surface area contributed by atoms with Crippen LogP contribution in [0.3, 0.4) is 0 Å². The van der Waals surface area contributed by atoms with Gasteiger partial charge in [-0.05, 0) is 53.9 Å². The summed E-state index contributed by atoms with van der Waals surface area (Å²) in [4.78, 5) is 0. The minimum absolute atomic E-state index is 1.31. The van der Waals surface area contributed by atoms with Crippen LogP contribution in [0.4, 0.5) is 0 Å². The molecule has 0 aromatic heterocycles. The van der Waals surface area contributed by atoms with Crippen LogP contribution >= 0.6 is 0 Å². The second kappa shape index (κ2) is 18.2. The van der Waals surface area contributed by atoms with Gasteiger partial charge in [0, 0.05) is 0 Å². The van der Waals surface area contributed by atoms with E-state index in [1.165, 1.54) is 53.9 Å². The fourth-order valence-corrected chi connectivity index (χ4v) is 5.66. The van der Waals surface area contributed by atoms with E-state index < -0.39 is 0 Å². The largest absolute Gasteiger partial charge is 0.0616 e. The number of hydrogen-bond acceptors (Lipinski definition) is 0. The van der Waals surface area contributed by atoms with Crippen molar-refractivity contribution in [3.63, 3.8) is 0 Å². The second-order valence-corrected chi connectivity index (χ2v) is 11.7. The van der Waals surface area contributed by atoms with Crippen molar-refractivity contribution in [3.05, 3.63) is 243 Å². The normalized spacial score (nSPS) is 10.0. The molecule has 0 saturated heterocycles. The summed E-state index contributed by atoms with van der Waals surface area (Å²) >= 11 is 0. The lowest BCUT2D eigenvalue weighted by atomic mass is 10.1. The molecule has 0 saturated carbocycles. The van der Waals surface area contributed by atoms with Crippen LogP contribution < -0.4 is 0 Å². The molecule has 0 N–H and O–H groups in total. The van der Waals surface area contributed by atoms with Crippen molar-refractivity contribution in [2.24, 2.45) is 0 Å². The SMILES string of the molecule is c1ccc2ccccc2c1.c1ccc2ccccc2c1.c1ccc2ccccc2c1.c1ccc2ccccc2c1.c1ccc2ccccc2c1. The molecule has 0 heteroatoms. The lowest BCUT2D eigenvalue weighted by Gasteiger charge is -1.92. The van der Waals surface area contributed by atoms with Gasteiger partial charge in [0.25, 0.3) is 0 Å². The molecule has 0 nitrogen and oxygen atoms in total. The summed E-state index contributed by atoms with van der Waals surface area (Å²) < 4.78 is 0.